The molecule has 1 amide bonds. The van der Waals surface area contributed by atoms with Gasteiger partial charge in [-0.3, -0.25) is 4.79 Å². The molecule has 0 radical (unpaired) electrons. The number of carbonyl (C=O) groups excluding carboxylic acids is 1. The normalized spacial score (nSPS) is 31.3. The fourth-order valence-electron chi connectivity index (χ4n) is 3.75. The minimum Gasteiger partial charge on any atom is -0.375 e. The van der Waals surface area contributed by atoms with E-state index in [4.69, 9.17) is 4.74 Å². The smallest absolute Gasteiger partial charge is 0.242 e. The first-order valence-corrected chi connectivity index (χ1v) is 8.35. The van der Waals surface area contributed by atoms with E-state index in [0.29, 0.717) is 18.4 Å². The van der Waals surface area contributed by atoms with Gasteiger partial charge in [0.05, 0.1) is 12.7 Å². The van der Waals surface area contributed by atoms with Crippen LogP contribution in [0.1, 0.15) is 31.7 Å². The number of morpholine rings is 1. The molecule has 2 fully saturated rings. The molecule has 0 aromatic heterocycles. The molecule has 2 saturated heterocycles. The van der Waals surface area contributed by atoms with Gasteiger partial charge in [-0.25, -0.2) is 0 Å². The van der Waals surface area contributed by atoms with Crippen LogP contribution in [0, 0.1) is 5.92 Å². The van der Waals surface area contributed by atoms with Gasteiger partial charge in [0.25, 0.3) is 0 Å². The molecule has 0 bridgehead atoms. The molecule has 2 aliphatic heterocycles. The van der Waals surface area contributed by atoms with Gasteiger partial charge in [-0.1, -0.05) is 37.3 Å². The van der Waals surface area contributed by atoms with Gasteiger partial charge in [-0.05, 0) is 30.7 Å². The van der Waals surface area contributed by atoms with Crippen molar-refractivity contribution in [1.29, 1.82) is 0 Å². The maximum absolute atomic E-state index is 12.7. The standard InChI is InChI=1S/C18H26N2O2.ClH/c1-13-12-20(18(21)17-14(2)22-11-9-19-17)10-8-16(13)15-6-4-3-5-7-15;/h3-7,13-14,16-17,19H,8-12H2,1-2H3;1H/t13?,14-,16?,17+;/m1./s1. The molecule has 23 heavy (non-hydrogen) atoms. The van der Waals surface area contributed by atoms with Crippen molar-refractivity contribution in [3.63, 3.8) is 0 Å². The van der Waals surface area contributed by atoms with Crippen LogP contribution in [0.3, 0.4) is 0 Å². The number of halogens is 1. The van der Waals surface area contributed by atoms with Crippen molar-refractivity contribution in [3.05, 3.63) is 35.9 Å². The van der Waals surface area contributed by atoms with Crippen LogP contribution in [0.25, 0.3) is 0 Å². The molecule has 0 spiro atoms. The Morgan fingerprint density at radius 1 is 1.26 bits per heavy atom. The zero-order valence-electron chi connectivity index (χ0n) is 13.9. The van der Waals surface area contributed by atoms with Crippen molar-refractivity contribution in [2.24, 2.45) is 5.92 Å². The Kier molecular flexibility index (Phi) is 6.45. The van der Waals surface area contributed by atoms with Crippen molar-refractivity contribution in [2.75, 3.05) is 26.2 Å². The summed E-state index contributed by atoms with van der Waals surface area (Å²) < 4.78 is 5.61. The molecule has 5 heteroatoms. The van der Waals surface area contributed by atoms with Crippen LogP contribution in [0.2, 0.25) is 0 Å². The molecule has 2 unspecified atom stereocenters. The molecular weight excluding hydrogens is 312 g/mol. The second kappa shape index (κ2) is 8.13. The highest BCUT2D eigenvalue weighted by Gasteiger charge is 2.35. The number of hydrogen-bond donors (Lipinski definition) is 1. The zero-order valence-corrected chi connectivity index (χ0v) is 14.7. The van der Waals surface area contributed by atoms with Gasteiger partial charge >= 0.3 is 0 Å². The van der Waals surface area contributed by atoms with E-state index in [0.717, 1.165) is 26.1 Å². The van der Waals surface area contributed by atoms with Crippen LogP contribution in [0.4, 0.5) is 0 Å². The van der Waals surface area contributed by atoms with Gasteiger partial charge < -0.3 is 15.0 Å². The highest BCUT2D eigenvalue weighted by atomic mass is 35.5. The molecule has 1 N–H and O–H groups in total. The number of piperidine rings is 1. The number of ether oxygens (including phenoxy) is 1. The number of hydrogen-bond acceptors (Lipinski definition) is 3. The van der Waals surface area contributed by atoms with Crippen LogP contribution < -0.4 is 5.32 Å². The first-order chi connectivity index (χ1) is 10.7. The Morgan fingerprint density at radius 3 is 2.65 bits per heavy atom. The summed E-state index contributed by atoms with van der Waals surface area (Å²) in [6, 6.07) is 10.5. The monoisotopic (exact) mass is 338 g/mol. The molecule has 3 rings (SSSR count). The maximum atomic E-state index is 12.7. The Labute approximate surface area is 145 Å². The first-order valence-electron chi connectivity index (χ1n) is 8.35. The molecule has 4 nitrogen and oxygen atoms in total. The predicted molar refractivity (Wildman–Crippen MR) is 94.0 cm³/mol. The highest BCUT2D eigenvalue weighted by molar-refractivity contribution is 5.85. The van der Waals surface area contributed by atoms with Gasteiger partial charge in [-0.15, -0.1) is 12.4 Å². The summed E-state index contributed by atoms with van der Waals surface area (Å²) in [4.78, 5) is 14.8. The Balaban J connectivity index is 0.00000192. The molecule has 1 aromatic carbocycles. The maximum Gasteiger partial charge on any atom is 0.242 e. The van der Waals surface area contributed by atoms with E-state index in [-0.39, 0.29) is 30.5 Å². The van der Waals surface area contributed by atoms with Gasteiger partial charge in [-0.2, -0.15) is 0 Å². The van der Waals surface area contributed by atoms with Crippen molar-refractivity contribution in [3.8, 4) is 0 Å². The Morgan fingerprint density at radius 2 is 2.00 bits per heavy atom. The molecule has 128 valence electrons. The Bertz CT molecular complexity index is 511. The number of carbonyl (C=O) groups is 1. The average molecular weight is 339 g/mol. The van der Waals surface area contributed by atoms with E-state index >= 15 is 0 Å². The molecule has 4 atom stereocenters. The number of nitrogens with one attached hydrogen (secondary N) is 1. The third-order valence-electron chi connectivity index (χ3n) is 5.03. The predicted octanol–water partition coefficient (Wildman–Crippen LogP) is 2.44. The number of amides is 1. The summed E-state index contributed by atoms with van der Waals surface area (Å²) in [6.07, 6.45) is 1.00. The quantitative estimate of drug-likeness (QED) is 0.900. The van der Waals surface area contributed by atoms with Crippen molar-refractivity contribution in [1.82, 2.24) is 10.2 Å². The largest absolute Gasteiger partial charge is 0.375 e. The molecule has 1 aromatic rings. The lowest BCUT2D eigenvalue weighted by molar-refractivity contribution is -0.141. The number of benzene rings is 1. The zero-order chi connectivity index (χ0) is 15.5. The molecule has 2 heterocycles. The van der Waals surface area contributed by atoms with Gasteiger partial charge in [0, 0.05) is 19.6 Å². The average Bonchev–Trinajstić information content (AvgIpc) is 2.55. The third kappa shape index (κ3) is 4.06. The van der Waals surface area contributed by atoms with Crippen molar-refractivity contribution < 1.29 is 9.53 Å². The highest BCUT2D eigenvalue weighted by Crippen LogP contribution is 2.33. The van der Waals surface area contributed by atoms with Crippen LogP contribution in [-0.4, -0.2) is 49.2 Å². The molecule has 2 aliphatic rings. The lowest BCUT2D eigenvalue weighted by atomic mass is 9.81. The van der Waals surface area contributed by atoms with E-state index < -0.39 is 0 Å². The minimum absolute atomic E-state index is 0. The van der Waals surface area contributed by atoms with Crippen LogP contribution >= 0.6 is 12.4 Å². The number of nitrogens with zero attached hydrogens (tertiary/aromatic N) is 1. The van der Waals surface area contributed by atoms with E-state index in [1.54, 1.807) is 0 Å². The fourth-order valence-corrected chi connectivity index (χ4v) is 3.75. The topological polar surface area (TPSA) is 41.6 Å². The van der Waals surface area contributed by atoms with Gasteiger partial charge in [0.15, 0.2) is 0 Å². The van der Waals surface area contributed by atoms with E-state index in [2.05, 4.69) is 42.6 Å². The lowest BCUT2D eigenvalue weighted by Gasteiger charge is -2.40. The van der Waals surface area contributed by atoms with E-state index in [1.807, 2.05) is 11.8 Å². The lowest BCUT2D eigenvalue weighted by Crippen LogP contribution is -2.58. The van der Waals surface area contributed by atoms with Gasteiger partial charge in [0.2, 0.25) is 5.91 Å². The van der Waals surface area contributed by atoms with Crippen LogP contribution in [0.5, 0.6) is 0 Å². The molecular formula is C18H27ClN2O2. The van der Waals surface area contributed by atoms with E-state index in [9.17, 15) is 4.79 Å². The van der Waals surface area contributed by atoms with Crippen LogP contribution in [0.15, 0.2) is 30.3 Å². The second-order valence-corrected chi connectivity index (χ2v) is 6.58. The molecule has 0 aliphatic carbocycles. The summed E-state index contributed by atoms with van der Waals surface area (Å²) in [5, 5.41) is 3.31. The van der Waals surface area contributed by atoms with Crippen molar-refractivity contribution >= 4 is 18.3 Å². The summed E-state index contributed by atoms with van der Waals surface area (Å²) in [5.74, 6) is 1.24. The first kappa shape index (κ1) is 18.2. The summed E-state index contributed by atoms with van der Waals surface area (Å²) in [5.41, 5.74) is 1.40. The van der Waals surface area contributed by atoms with Crippen LogP contribution in [-0.2, 0) is 9.53 Å². The van der Waals surface area contributed by atoms with Crippen molar-refractivity contribution in [2.45, 2.75) is 38.3 Å². The summed E-state index contributed by atoms with van der Waals surface area (Å²) in [6.45, 7) is 7.37. The van der Waals surface area contributed by atoms with Gasteiger partial charge in [0.1, 0.15) is 6.04 Å². The number of rotatable bonds is 2. The fraction of sp³-hybridized carbons (Fsp3) is 0.611. The Hall–Kier alpha value is -1.10. The number of likely N-dealkylation sites (tertiary alicyclic amines) is 1. The third-order valence-corrected chi connectivity index (χ3v) is 5.03. The minimum atomic E-state index is -0.186. The van der Waals surface area contributed by atoms with E-state index in [1.165, 1.54) is 5.56 Å². The summed E-state index contributed by atoms with van der Waals surface area (Å²) >= 11 is 0. The SMILES string of the molecule is CC1CN(C(=O)[C@H]2NCCO[C@@H]2C)CCC1c1ccccc1.Cl. The summed E-state index contributed by atoms with van der Waals surface area (Å²) in [7, 11) is 0. The molecule has 0 saturated carbocycles. The second-order valence-electron chi connectivity index (χ2n) is 6.58.